The van der Waals surface area contributed by atoms with Gasteiger partial charge in [0, 0.05) is 13.1 Å². The molecule has 0 aliphatic carbocycles. The van der Waals surface area contributed by atoms with Crippen LogP contribution in [0.2, 0.25) is 0 Å². The zero-order valence-corrected chi connectivity index (χ0v) is 20.2. The first kappa shape index (κ1) is 25.7. The first-order valence-corrected chi connectivity index (χ1v) is 10.7. The number of aryl methyl sites for hydroxylation is 1. The van der Waals surface area contributed by atoms with E-state index in [-0.39, 0.29) is 17.4 Å². The minimum Gasteiger partial charge on any atom is -0.496 e. The van der Waals surface area contributed by atoms with Crippen molar-refractivity contribution in [2.75, 3.05) is 19.1 Å². The number of ether oxygens (including phenoxy) is 2. The molecule has 0 radical (unpaired) electrons. The Labute approximate surface area is 201 Å². The van der Waals surface area contributed by atoms with Gasteiger partial charge in [-0.05, 0) is 42.7 Å². The van der Waals surface area contributed by atoms with Gasteiger partial charge >= 0.3 is 5.97 Å². The Bertz CT molecular complexity index is 1310. The molecule has 3 aromatic rings. The maximum atomic E-state index is 16.3. The molecular weight excluding hydrogens is 461 g/mol. The highest BCUT2D eigenvalue weighted by atomic mass is 19.1. The molecule has 1 aromatic heterocycles. The van der Waals surface area contributed by atoms with Crippen molar-refractivity contribution in [1.82, 2.24) is 4.98 Å². The van der Waals surface area contributed by atoms with Crippen LogP contribution in [0, 0.1) is 24.4 Å². The fourth-order valence-corrected chi connectivity index (χ4v) is 3.95. The summed E-state index contributed by atoms with van der Waals surface area (Å²) in [6.07, 6.45) is 1.55. The Kier molecular flexibility index (Phi) is 7.48. The number of rotatable bonds is 6. The highest BCUT2D eigenvalue weighted by Gasteiger charge is 2.34. The van der Waals surface area contributed by atoms with Crippen LogP contribution >= 0.6 is 0 Å². The molecule has 0 fully saturated rings. The second-order valence-electron chi connectivity index (χ2n) is 8.12. The number of amides is 1. The van der Waals surface area contributed by atoms with Gasteiger partial charge in [0.15, 0.2) is 5.82 Å². The lowest BCUT2D eigenvalue weighted by molar-refractivity contribution is -0.115. The van der Waals surface area contributed by atoms with E-state index in [1.54, 1.807) is 19.2 Å². The van der Waals surface area contributed by atoms with Gasteiger partial charge in [-0.25, -0.2) is 18.0 Å². The smallest absolute Gasteiger partial charge is 0.340 e. The van der Waals surface area contributed by atoms with Crippen LogP contribution in [0.5, 0.6) is 5.75 Å². The molecule has 1 heterocycles. The van der Waals surface area contributed by atoms with Gasteiger partial charge in [0.2, 0.25) is 5.91 Å². The van der Waals surface area contributed by atoms with Crippen molar-refractivity contribution in [2.45, 2.75) is 33.6 Å². The van der Waals surface area contributed by atoms with Crippen molar-refractivity contribution in [1.29, 1.82) is 0 Å². The Morgan fingerprint density at radius 1 is 1.00 bits per heavy atom. The largest absolute Gasteiger partial charge is 0.496 e. The maximum absolute atomic E-state index is 16.3. The quantitative estimate of drug-likeness (QED) is 0.395. The van der Waals surface area contributed by atoms with Crippen LogP contribution in [0.1, 0.15) is 48.3 Å². The summed E-state index contributed by atoms with van der Waals surface area (Å²) in [6, 6.07) is 6.04. The number of benzene rings is 2. The van der Waals surface area contributed by atoms with Gasteiger partial charge in [-0.3, -0.25) is 14.7 Å². The van der Waals surface area contributed by atoms with E-state index in [1.165, 1.54) is 26.2 Å². The number of hydrogen-bond acceptors (Lipinski definition) is 5. The third-order valence-corrected chi connectivity index (χ3v) is 5.51. The van der Waals surface area contributed by atoms with Crippen molar-refractivity contribution in [3.8, 4) is 16.9 Å². The Balaban J connectivity index is 2.52. The summed E-state index contributed by atoms with van der Waals surface area (Å²) >= 11 is 0. The van der Waals surface area contributed by atoms with E-state index in [0.29, 0.717) is 11.3 Å². The molecular formula is C26H25F3N2O4. The summed E-state index contributed by atoms with van der Waals surface area (Å²) in [7, 11) is 2.27. The standard InChI is InChI=1S/C26H25F3N2O4/c1-13(2)23-24(14(3)10-11-30-23)31(15(4)32)25-16(26(33)35-6)12-18(28)21(22(25)29)20-17(27)8-7-9-19(20)34-5/h7-13H,1-6H3. The lowest BCUT2D eigenvalue weighted by Crippen LogP contribution is -2.29. The summed E-state index contributed by atoms with van der Waals surface area (Å²) in [6.45, 7) is 6.53. The average Bonchev–Trinajstić information content (AvgIpc) is 2.81. The van der Waals surface area contributed by atoms with Crippen LogP contribution in [0.15, 0.2) is 36.5 Å². The monoisotopic (exact) mass is 486 g/mol. The first-order valence-electron chi connectivity index (χ1n) is 10.7. The molecule has 0 spiro atoms. The van der Waals surface area contributed by atoms with Gasteiger partial charge in [0.1, 0.15) is 23.1 Å². The van der Waals surface area contributed by atoms with E-state index in [9.17, 15) is 14.0 Å². The molecule has 0 aliphatic rings. The predicted molar refractivity (Wildman–Crippen MR) is 126 cm³/mol. The van der Waals surface area contributed by atoms with Crippen LogP contribution in [0.3, 0.4) is 0 Å². The number of hydrogen-bond donors (Lipinski definition) is 0. The highest BCUT2D eigenvalue weighted by Crippen LogP contribution is 2.44. The number of pyridine rings is 1. The highest BCUT2D eigenvalue weighted by molar-refractivity contribution is 6.08. The van der Waals surface area contributed by atoms with Gasteiger partial charge in [-0.15, -0.1) is 0 Å². The molecule has 9 heteroatoms. The molecule has 3 rings (SSSR count). The summed E-state index contributed by atoms with van der Waals surface area (Å²) in [5, 5.41) is 0. The third kappa shape index (κ3) is 4.58. The summed E-state index contributed by atoms with van der Waals surface area (Å²) < 4.78 is 56.4. The van der Waals surface area contributed by atoms with Crippen LogP contribution in [0.4, 0.5) is 24.5 Å². The fraction of sp³-hybridized carbons (Fsp3) is 0.269. The van der Waals surface area contributed by atoms with Gasteiger partial charge in [0.05, 0.1) is 42.3 Å². The maximum Gasteiger partial charge on any atom is 0.340 e. The van der Waals surface area contributed by atoms with Crippen molar-refractivity contribution < 1.29 is 32.2 Å². The van der Waals surface area contributed by atoms with Crippen LogP contribution in [-0.2, 0) is 9.53 Å². The normalized spacial score (nSPS) is 10.9. The van der Waals surface area contributed by atoms with Crippen LogP contribution in [0.25, 0.3) is 11.1 Å². The second-order valence-corrected chi connectivity index (χ2v) is 8.12. The molecule has 0 N–H and O–H groups in total. The molecule has 0 atom stereocenters. The second kappa shape index (κ2) is 10.2. The molecule has 1 amide bonds. The van der Waals surface area contributed by atoms with E-state index in [0.717, 1.165) is 24.1 Å². The Morgan fingerprint density at radius 3 is 2.26 bits per heavy atom. The van der Waals surface area contributed by atoms with E-state index in [2.05, 4.69) is 4.98 Å². The van der Waals surface area contributed by atoms with Gasteiger partial charge in [-0.1, -0.05) is 19.9 Å². The zero-order chi connectivity index (χ0) is 26.0. The van der Waals surface area contributed by atoms with Gasteiger partial charge < -0.3 is 9.47 Å². The Hall–Kier alpha value is -3.88. The van der Waals surface area contributed by atoms with Crippen molar-refractivity contribution in [3.63, 3.8) is 0 Å². The average molecular weight is 486 g/mol. The van der Waals surface area contributed by atoms with Crippen LogP contribution < -0.4 is 9.64 Å². The zero-order valence-electron chi connectivity index (χ0n) is 20.2. The molecule has 0 bridgehead atoms. The van der Waals surface area contributed by atoms with Crippen molar-refractivity contribution in [3.05, 3.63) is 70.8 Å². The number of methoxy groups -OCH3 is 2. The number of carbonyl (C=O) groups is 2. The molecule has 0 unspecified atom stereocenters. The third-order valence-electron chi connectivity index (χ3n) is 5.51. The molecule has 0 saturated carbocycles. The van der Waals surface area contributed by atoms with E-state index < -0.39 is 51.7 Å². The minimum atomic E-state index is -1.33. The molecule has 2 aromatic carbocycles. The first-order chi connectivity index (χ1) is 16.5. The summed E-state index contributed by atoms with van der Waals surface area (Å²) in [5.41, 5.74) is -1.16. The molecule has 184 valence electrons. The molecule has 0 aliphatic heterocycles. The Morgan fingerprint density at radius 2 is 1.69 bits per heavy atom. The lowest BCUT2D eigenvalue weighted by Gasteiger charge is -2.29. The predicted octanol–water partition coefficient (Wildman–Crippen LogP) is 6.08. The van der Waals surface area contributed by atoms with Gasteiger partial charge in [0.25, 0.3) is 0 Å². The van der Waals surface area contributed by atoms with Gasteiger partial charge in [-0.2, -0.15) is 0 Å². The molecule has 0 saturated heterocycles. The van der Waals surface area contributed by atoms with Crippen LogP contribution in [-0.4, -0.2) is 31.1 Å². The fourth-order valence-electron chi connectivity index (χ4n) is 3.95. The number of nitrogens with zero attached hydrogens (tertiary/aromatic N) is 2. The number of esters is 1. The number of carbonyl (C=O) groups excluding carboxylic acids is 2. The molecule has 6 nitrogen and oxygen atoms in total. The van der Waals surface area contributed by atoms with E-state index in [4.69, 9.17) is 9.47 Å². The number of anilines is 2. The SMILES string of the molecule is COC(=O)c1cc(F)c(-c2c(F)cccc2OC)c(F)c1N(C(C)=O)c1c(C)ccnc1C(C)C. The van der Waals surface area contributed by atoms with E-state index in [1.807, 2.05) is 13.8 Å². The number of halogens is 3. The number of aromatic nitrogens is 1. The van der Waals surface area contributed by atoms with E-state index >= 15 is 8.78 Å². The summed E-state index contributed by atoms with van der Waals surface area (Å²) in [4.78, 5) is 30.9. The topological polar surface area (TPSA) is 68.7 Å². The minimum absolute atomic E-state index is 0.130. The lowest BCUT2D eigenvalue weighted by atomic mass is 9.96. The summed E-state index contributed by atoms with van der Waals surface area (Å²) in [5.74, 6) is -5.59. The van der Waals surface area contributed by atoms with Crippen molar-refractivity contribution in [2.24, 2.45) is 0 Å². The van der Waals surface area contributed by atoms with Crippen molar-refractivity contribution >= 4 is 23.3 Å². The molecule has 35 heavy (non-hydrogen) atoms.